The number of H-pyrrole nitrogens is 1. The summed E-state index contributed by atoms with van der Waals surface area (Å²) in [4.78, 5) is 14.8. The highest BCUT2D eigenvalue weighted by molar-refractivity contribution is 5.97. The van der Waals surface area contributed by atoms with Crippen molar-refractivity contribution in [3.05, 3.63) is 46.3 Å². The van der Waals surface area contributed by atoms with E-state index in [1.165, 1.54) is 0 Å². The van der Waals surface area contributed by atoms with E-state index in [2.05, 4.69) is 24.0 Å². The number of likely N-dealkylation sites (tertiary alicyclic amines) is 1. The predicted molar refractivity (Wildman–Crippen MR) is 109 cm³/mol. The van der Waals surface area contributed by atoms with E-state index in [9.17, 15) is 15.0 Å². The number of carbonyl (C=O) groups is 1. The van der Waals surface area contributed by atoms with Gasteiger partial charge in [-0.25, -0.2) is 0 Å². The van der Waals surface area contributed by atoms with Gasteiger partial charge in [0.1, 0.15) is 5.75 Å². The molecule has 0 saturated carbocycles. The zero-order valence-corrected chi connectivity index (χ0v) is 17.4. The summed E-state index contributed by atoms with van der Waals surface area (Å²) in [6, 6.07) is 5.75. The Hall–Kier alpha value is -2.34. The number of nitrogens with zero attached hydrogens (tertiary/aromatic N) is 2. The molecular formula is C22H31N3O3. The first-order valence-electron chi connectivity index (χ1n) is 10.0. The topological polar surface area (TPSA) is 89.5 Å². The number of nitrogens with one attached hydrogen (secondary N) is 1. The molecule has 0 unspecified atom stereocenters. The fraction of sp³-hybridized carbons (Fsp3) is 0.545. The van der Waals surface area contributed by atoms with Gasteiger partial charge in [0.15, 0.2) is 0 Å². The molecule has 2 atom stereocenters. The Bertz CT molecular complexity index is 857. The number of aliphatic hydroxyl groups is 1. The van der Waals surface area contributed by atoms with Crippen LogP contribution in [0.4, 0.5) is 0 Å². The molecule has 1 aromatic carbocycles. The Morgan fingerprint density at radius 1 is 1.21 bits per heavy atom. The lowest BCUT2D eigenvalue weighted by molar-refractivity contribution is 0.0761. The average Bonchev–Trinajstić information content (AvgIpc) is 3.20. The molecule has 152 valence electrons. The smallest absolute Gasteiger partial charge is 0.257 e. The van der Waals surface area contributed by atoms with E-state index in [0.717, 1.165) is 22.5 Å². The number of β-amino-alcohol motifs (C(OH)–C–C–N with tert-alkyl or cyclic N) is 1. The highest BCUT2D eigenvalue weighted by Gasteiger charge is 2.36. The summed E-state index contributed by atoms with van der Waals surface area (Å²) in [6.45, 7) is 10.8. The van der Waals surface area contributed by atoms with E-state index in [4.69, 9.17) is 0 Å². The molecule has 6 heteroatoms. The van der Waals surface area contributed by atoms with Gasteiger partial charge in [0.25, 0.3) is 5.91 Å². The Morgan fingerprint density at radius 2 is 1.93 bits per heavy atom. The van der Waals surface area contributed by atoms with Gasteiger partial charge in [-0.15, -0.1) is 0 Å². The van der Waals surface area contributed by atoms with Crippen molar-refractivity contribution in [3.63, 3.8) is 0 Å². The molecule has 1 fully saturated rings. The Kier molecular flexibility index (Phi) is 5.79. The lowest BCUT2D eigenvalue weighted by Crippen LogP contribution is -2.30. The molecule has 28 heavy (non-hydrogen) atoms. The lowest BCUT2D eigenvalue weighted by Gasteiger charge is -2.21. The first kappa shape index (κ1) is 20.4. The number of aromatic nitrogens is 2. The third kappa shape index (κ3) is 4.07. The minimum absolute atomic E-state index is 0.0604. The summed E-state index contributed by atoms with van der Waals surface area (Å²) in [5, 5.41) is 28.4. The van der Waals surface area contributed by atoms with Crippen LogP contribution in [0.25, 0.3) is 0 Å². The Labute approximate surface area is 166 Å². The number of aryl methyl sites for hydroxylation is 1. The minimum Gasteiger partial charge on any atom is -0.507 e. The molecule has 0 radical (unpaired) electrons. The van der Waals surface area contributed by atoms with Crippen molar-refractivity contribution < 1.29 is 15.0 Å². The summed E-state index contributed by atoms with van der Waals surface area (Å²) >= 11 is 0. The number of aliphatic hydroxyl groups excluding tert-OH is 1. The van der Waals surface area contributed by atoms with E-state index >= 15 is 0 Å². The number of hydrogen-bond donors (Lipinski definition) is 3. The fourth-order valence-electron chi connectivity index (χ4n) is 3.86. The molecule has 2 aromatic rings. The van der Waals surface area contributed by atoms with Gasteiger partial charge in [0.05, 0.1) is 17.4 Å². The molecule has 3 N–H and O–H groups in total. The molecule has 0 aliphatic carbocycles. The monoisotopic (exact) mass is 385 g/mol. The first-order valence-corrected chi connectivity index (χ1v) is 10.0. The molecule has 1 aliphatic rings. The number of rotatable bonds is 5. The maximum Gasteiger partial charge on any atom is 0.257 e. The molecule has 3 rings (SSSR count). The van der Waals surface area contributed by atoms with Crippen LogP contribution in [-0.2, 0) is 6.42 Å². The second kappa shape index (κ2) is 7.95. The first-order chi connectivity index (χ1) is 13.2. The molecule has 6 nitrogen and oxygen atoms in total. The third-order valence-corrected chi connectivity index (χ3v) is 5.60. The van der Waals surface area contributed by atoms with Gasteiger partial charge in [0.2, 0.25) is 0 Å². The van der Waals surface area contributed by atoms with Crippen molar-refractivity contribution in [2.75, 3.05) is 13.1 Å². The van der Waals surface area contributed by atoms with Gasteiger partial charge < -0.3 is 15.1 Å². The molecule has 1 aliphatic heterocycles. The number of aromatic amines is 1. The molecule has 0 spiro atoms. The summed E-state index contributed by atoms with van der Waals surface area (Å²) in [6.07, 6.45) is 0.0193. The fourth-order valence-corrected chi connectivity index (χ4v) is 3.86. The van der Waals surface area contributed by atoms with Crippen LogP contribution in [0.2, 0.25) is 0 Å². The van der Waals surface area contributed by atoms with Gasteiger partial charge in [0, 0.05) is 24.7 Å². The van der Waals surface area contributed by atoms with Crippen LogP contribution >= 0.6 is 0 Å². The standard InChI is InChI=1S/C22H31N3O3/c1-12(2)15-8-18(13(3)4)21(27)19(9-15)22(28)25-10-16(20(26)11-25)7-17-6-14(5)23-24-17/h6,8-9,12-13,16,20,26-27H,7,10-11H2,1-5H3,(H,23,24)/t16-,20+/m1/s1. The van der Waals surface area contributed by atoms with Gasteiger partial charge in [-0.2, -0.15) is 5.10 Å². The molecule has 1 saturated heterocycles. The number of carbonyl (C=O) groups excluding carboxylic acids is 1. The summed E-state index contributed by atoms with van der Waals surface area (Å²) in [5.74, 6) is 0.146. The zero-order chi connectivity index (χ0) is 20.6. The second-order valence-corrected chi connectivity index (χ2v) is 8.60. The van der Waals surface area contributed by atoms with Crippen LogP contribution in [0.15, 0.2) is 18.2 Å². The molecule has 0 bridgehead atoms. The van der Waals surface area contributed by atoms with Crippen molar-refractivity contribution in [2.45, 2.75) is 59.0 Å². The third-order valence-electron chi connectivity index (χ3n) is 5.60. The van der Waals surface area contributed by atoms with Crippen LogP contribution in [0.5, 0.6) is 5.75 Å². The lowest BCUT2D eigenvalue weighted by atomic mass is 9.91. The normalized spacial score (nSPS) is 19.8. The number of amides is 1. The highest BCUT2D eigenvalue weighted by atomic mass is 16.3. The maximum absolute atomic E-state index is 13.2. The minimum atomic E-state index is -0.596. The van der Waals surface area contributed by atoms with E-state index < -0.39 is 6.10 Å². The van der Waals surface area contributed by atoms with E-state index in [-0.39, 0.29) is 36.0 Å². The van der Waals surface area contributed by atoms with Gasteiger partial charge in [-0.05, 0) is 48.4 Å². The molecule has 1 aromatic heterocycles. The van der Waals surface area contributed by atoms with Crippen molar-refractivity contribution >= 4 is 5.91 Å². The number of phenols is 1. The SMILES string of the molecule is Cc1cc(C[C@@H]2CN(C(=O)c3cc(C(C)C)cc(C(C)C)c3O)C[C@@H]2O)n[nH]1. The number of aromatic hydroxyl groups is 1. The quantitative estimate of drug-likeness (QED) is 0.736. The van der Waals surface area contributed by atoms with Crippen LogP contribution in [0, 0.1) is 12.8 Å². The second-order valence-electron chi connectivity index (χ2n) is 8.60. The number of benzene rings is 1. The summed E-state index contributed by atoms with van der Waals surface area (Å²) in [5.41, 5.74) is 4.03. The van der Waals surface area contributed by atoms with E-state index in [1.54, 1.807) is 11.0 Å². The molecule has 1 amide bonds. The maximum atomic E-state index is 13.2. The van der Waals surface area contributed by atoms with Crippen LogP contribution in [0.3, 0.4) is 0 Å². The van der Waals surface area contributed by atoms with E-state index in [0.29, 0.717) is 18.5 Å². The van der Waals surface area contributed by atoms with Gasteiger partial charge in [-0.1, -0.05) is 33.8 Å². The van der Waals surface area contributed by atoms with Crippen molar-refractivity contribution in [2.24, 2.45) is 5.92 Å². The summed E-state index contributed by atoms with van der Waals surface area (Å²) in [7, 11) is 0. The van der Waals surface area contributed by atoms with Gasteiger partial charge >= 0.3 is 0 Å². The molecular weight excluding hydrogens is 354 g/mol. The highest BCUT2D eigenvalue weighted by Crippen LogP contribution is 2.34. The zero-order valence-electron chi connectivity index (χ0n) is 17.4. The van der Waals surface area contributed by atoms with Crippen LogP contribution in [-0.4, -0.2) is 50.4 Å². The molecule has 2 heterocycles. The predicted octanol–water partition coefficient (Wildman–Crippen LogP) is 3.35. The Morgan fingerprint density at radius 3 is 2.50 bits per heavy atom. The summed E-state index contributed by atoms with van der Waals surface area (Å²) < 4.78 is 0. The van der Waals surface area contributed by atoms with Crippen molar-refractivity contribution in [1.82, 2.24) is 15.1 Å². The average molecular weight is 386 g/mol. The van der Waals surface area contributed by atoms with Crippen molar-refractivity contribution in [1.29, 1.82) is 0 Å². The van der Waals surface area contributed by atoms with Crippen LogP contribution < -0.4 is 0 Å². The van der Waals surface area contributed by atoms with Gasteiger partial charge in [-0.3, -0.25) is 9.89 Å². The Balaban J connectivity index is 1.84. The number of phenolic OH excluding ortho intramolecular Hbond substituents is 1. The largest absolute Gasteiger partial charge is 0.507 e. The van der Waals surface area contributed by atoms with E-state index in [1.807, 2.05) is 32.9 Å². The number of hydrogen-bond acceptors (Lipinski definition) is 4. The van der Waals surface area contributed by atoms with Crippen molar-refractivity contribution in [3.8, 4) is 5.75 Å². The van der Waals surface area contributed by atoms with Crippen LogP contribution in [0.1, 0.15) is 72.4 Å².